The summed E-state index contributed by atoms with van der Waals surface area (Å²) < 4.78 is 11.1. The highest BCUT2D eigenvalue weighted by Crippen LogP contribution is 2.20. The fourth-order valence-electron chi connectivity index (χ4n) is 1.69. The minimum Gasteiger partial charge on any atom is -0.485 e. The van der Waals surface area contributed by atoms with Crippen molar-refractivity contribution in [2.45, 2.75) is 26.5 Å². The van der Waals surface area contributed by atoms with Crippen molar-refractivity contribution in [3.8, 4) is 5.75 Å². The predicted molar refractivity (Wildman–Crippen MR) is 66.8 cm³/mol. The molecule has 17 heavy (non-hydrogen) atoms. The van der Waals surface area contributed by atoms with Gasteiger partial charge in [-0.25, -0.2) is 0 Å². The molecule has 0 radical (unpaired) electrons. The number of para-hydroxylation sites is 1. The van der Waals surface area contributed by atoms with Crippen LogP contribution >= 0.6 is 0 Å². The summed E-state index contributed by atoms with van der Waals surface area (Å²) in [4.78, 5) is 0. The second kappa shape index (κ2) is 5.55. The van der Waals surface area contributed by atoms with Crippen molar-refractivity contribution in [2.75, 3.05) is 0 Å². The van der Waals surface area contributed by atoms with Crippen molar-refractivity contribution >= 4 is 0 Å². The highest BCUT2D eigenvalue weighted by molar-refractivity contribution is 5.33. The van der Waals surface area contributed by atoms with Gasteiger partial charge in [0.1, 0.15) is 18.1 Å². The van der Waals surface area contributed by atoms with Crippen LogP contribution in [0.25, 0.3) is 0 Å². The molecule has 2 N–H and O–H groups in total. The maximum absolute atomic E-state index is 5.74. The first-order chi connectivity index (χ1) is 8.33. The Hall–Kier alpha value is -1.74. The molecule has 0 amide bonds. The molecule has 3 nitrogen and oxygen atoms in total. The van der Waals surface area contributed by atoms with E-state index in [1.165, 1.54) is 5.56 Å². The maximum Gasteiger partial charge on any atom is 0.146 e. The zero-order chi connectivity index (χ0) is 12.1. The van der Waals surface area contributed by atoms with Crippen LogP contribution in [0.3, 0.4) is 0 Å². The second-order valence-electron chi connectivity index (χ2n) is 3.88. The van der Waals surface area contributed by atoms with Gasteiger partial charge < -0.3 is 14.9 Å². The number of rotatable bonds is 5. The van der Waals surface area contributed by atoms with Crippen molar-refractivity contribution in [3.05, 3.63) is 53.5 Å². The zero-order valence-electron chi connectivity index (χ0n) is 9.98. The number of hydrogen-bond donors (Lipinski definition) is 1. The van der Waals surface area contributed by atoms with E-state index in [-0.39, 0.29) is 0 Å². The van der Waals surface area contributed by atoms with Crippen molar-refractivity contribution in [3.63, 3.8) is 0 Å². The fourth-order valence-corrected chi connectivity index (χ4v) is 1.69. The van der Waals surface area contributed by atoms with Gasteiger partial charge in [-0.1, -0.05) is 25.1 Å². The Morgan fingerprint density at radius 1 is 1.29 bits per heavy atom. The Balaban J connectivity index is 2.01. The van der Waals surface area contributed by atoms with Gasteiger partial charge in [-0.05, 0) is 24.1 Å². The average molecular weight is 231 g/mol. The van der Waals surface area contributed by atoms with Crippen molar-refractivity contribution in [2.24, 2.45) is 5.73 Å². The lowest BCUT2D eigenvalue weighted by Crippen LogP contribution is -1.97. The van der Waals surface area contributed by atoms with E-state index < -0.39 is 0 Å². The summed E-state index contributed by atoms with van der Waals surface area (Å²) in [6.07, 6.45) is 2.63. The molecule has 0 spiro atoms. The van der Waals surface area contributed by atoms with E-state index in [9.17, 15) is 0 Å². The largest absolute Gasteiger partial charge is 0.485 e. The predicted octanol–water partition coefficient (Wildman–Crippen LogP) is 2.88. The molecule has 0 unspecified atom stereocenters. The number of nitrogens with two attached hydrogens (primary N) is 1. The van der Waals surface area contributed by atoms with Crippen LogP contribution in [0.5, 0.6) is 5.75 Å². The summed E-state index contributed by atoms with van der Waals surface area (Å²) in [6.45, 7) is 3.05. The van der Waals surface area contributed by atoms with E-state index in [1.54, 1.807) is 6.26 Å². The van der Waals surface area contributed by atoms with Gasteiger partial charge in [-0.2, -0.15) is 0 Å². The van der Waals surface area contributed by atoms with E-state index in [4.69, 9.17) is 14.9 Å². The fraction of sp³-hybridized carbons (Fsp3) is 0.286. The van der Waals surface area contributed by atoms with E-state index in [2.05, 4.69) is 13.0 Å². The normalized spacial score (nSPS) is 10.5. The molecule has 1 aromatic heterocycles. The van der Waals surface area contributed by atoms with Gasteiger partial charge in [0.2, 0.25) is 0 Å². The van der Waals surface area contributed by atoms with Crippen molar-refractivity contribution in [1.82, 2.24) is 0 Å². The number of hydrogen-bond acceptors (Lipinski definition) is 3. The second-order valence-corrected chi connectivity index (χ2v) is 3.88. The molecule has 0 atom stereocenters. The van der Waals surface area contributed by atoms with Gasteiger partial charge in [0.25, 0.3) is 0 Å². The van der Waals surface area contributed by atoms with Crippen LogP contribution in [0.4, 0.5) is 0 Å². The first-order valence-electron chi connectivity index (χ1n) is 5.80. The van der Waals surface area contributed by atoms with Crippen LogP contribution < -0.4 is 10.5 Å². The third-order valence-corrected chi connectivity index (χ3v) is 2.67. The van der Waals surface area contributed by atoms with Crippen LogP contribution in [0, 0.1) is 0 Å². The Morgan fingerprint density at radius 3 is 2.82 bits per heavy atom. The molecule has 0 saturated carbocycles. The van der Waals surface area contributed by atoms with Gasteiger partial charge >= 0.3 is 0 Å². The third kappa shape index (κ3) is 2.88. The first-order valence-corrected chi connectivity index (χ1v) is 5.80. The van der Waals surface area contributed by atoms with Crippen LogP contribution in [0.1, 0.15) is 23.8 Å². The lowest BCUT2D eigenvalue weighted by atomic mass is 10.1. The molecule has 0 aliphatic carbocycles. The lowest BCUT2D eigenvalue weighted by Gasteiger charge is -2.08. The molecule has 0 aliphatic rings. The number of benzene rings is 1. The Bertz CT molecular complexity index is 477. The molecular weight excluding hydrogens is 214 g/mol. The topological polar surface area (TPSA) is 48.4 Å². The van der Waals surface area contributed by atoms with E-state index in [0.29, 0.717) is 13.2 Å². The zero-order valence-corrected chi connectivity index (χ0v) is 9.98. The SMILES string of the molecule is CCc1ccccc1OCc1cc(CN)co1. The summed E-state index contributed by atoms with van der Waals surface area (Å²) in [6, 6.07) is 9.97. The molecule has 3 heteroatoms. The highest BCUT2D eigenvalue weighted by Gasteiger charge is 2.04. The first kappa shape index (κ1) is 11.7. The summed E-state index contributed by atoms with van der Waals surface area (Å²) in [5, 5.41) is 0. The van der Waals surface area contributed by atoms with Crippen LogP contribution in [-0.4, -0.2) is 0 Å². The highest BCUT2D eigenvalue weighted by atomic mass is 16.5. The van der Waals surface area contributed by atoms with Crippen LogP contribution in [-0.2, 0) is 19.6 Å². The molecule has 90 valence electrons. The summed E-state index contributed by atoms with van der Waals surface area (Å²) >= 11 is 0. The van der Waals surface area contributed by atoms with E-state index in [1.807, 2.05) is 24.3 Å². The smallest absolute Gasteiger partial charge is 0.146 e. The Kier molecular flexibility index (Phi) is 3.83. The molecule has 2 rings (SSSR count). The van der Waals surface area contributed by atoms with Gasteiger partial charge in [-0.15, -0.1) is 0 Å². The summed E-state index contributed by atoms with van der Waals surface area (Å²) in [7, 11) is 0. The van der Waals surface area contributed by atoms with Crippen molar-refractivity contribution < 1.29 is 9.15 Å². The Labute approximate surface area is 101 Å². The molecule has 1 aromatic carbocycles. The molecule has 2 aromatic rings. The molecule has 0 bridgehead atoms. The third-order valence-electron chi connectivity index (χ3n) is 2.67. The number of aryl methyl sites for hydroxylation is 1. The monoisotopic (exact) mass is 231 g/mol. The van der Waals surface area contributed by atoms with Gasteiger partial charge in [0.05, 0.1) is 6.26 Å². The van der Waals surface area contributed by atoms with E-state index in [0.717, 1.165) is 23.5 Å². The minimum atomic E-state index is 0.441. The van der Waals surface area contributed by atoms with Gasteiger partial charge in [0.15, 0.2) is 0 Å². The number of furan rings is 1. The average Bonchev–Trinajstić information content (AvgIpc) is 2.84. The summed E-state index contributed by atoms with van der Waals surface area (Å²) in [5.41, 5.74) is 7.71. The van der Waals surface area contributed by atoms with Crippen LogP contribution in [0.2, 0.25) is 0 Å². The Morgan fingerprint density at radius 2 is 2.12 bits per heavy atom. The molecular formula is C14H17NO2. The molecule has 0 fully saturated rings. The summed E-state index contributed by atoms with van der Waals surface area (Å²) in [5.74, 6) is 1.72. The minimum absolute atomic E-state index is 0.441. The molecule has 0 saturated heterocycles. The van der Waals surface area contributed by atoms with Gasteiger partial charge in [0, 0.05) is 12.1 Å². The lowest BCUT2D eigenvalue weighted by molar-refractivity contribution is 0.268. The quantitative estimate of drug-likeness (QED) is 0.860. The van der Waals surface area contributed by atoms with Crippen LogP contribution in [0.15, 0.2) is 41.0 Å². The number of ether oxygens (including phenoxy) is 1. The van der Waals surface area contributed by atoms with E-state index >= 15 is 0 Å². The molecule has 0 aliphatic heterocycles. The standard InChI is InChI=1S/C14H17NO2/c1-2-12-5-3-4-6-14(12)17-10-13-7-11(8-15)9-16-13/h3-7,9H,2,8,10,15H2,1H3. The van der Waals surface area contributed by atoms with Crippen molar-refractivity contribution in [1.29, 1.82) is 0 Å². The maximum atomic E-state index is 5.74. The molecule has 1 heterocycles. The van der Waals surface area contributed by atoms with Gasteiger partial charge in [-0.3, -0.25) is 0 Å².